The fraction of sp³-hybridized carbons (Fsp3) is 0.125. The molecule has 1 aromatic heterocycles. The summed E-state index contributed by atoms with van der Waals surface area (Å²) >= 11 is 0. The van der Waals surface area contributed by atoms with Gasteiger partial charge in [0.2, 0.25) is 11.8 Å². The Morgan fingerprint density at radius 3 is 2.57 bits per heavy atom. The van der Waals surface area contributed by atoms with E-state index in [1.807, 2.05) is 0 Å². The molecule has 1 heterocycles. The summed E-state index contributed by atoms with van der Waals surface area (Å²) in [4.78, 5) is 27.1. The van der Waals surface area contributed by atoms with Crippen LogP contribution in [-0.2, 0) is 9.59 Å². The van der Waals surface area contributed by atoms with Crippen molar-refractivity contribution in [1.82, 2.24) is 10.4 Å². The first-order valence-electron chi connectivity index (χ1n) is 6.91. The van der Waals surface area contributed by atoms with Crippen LogP contribution in [0.15, 0.2) is 53.9 Å². The van der Waals surface area contributed by atoms with Gasteiger partial charge >= 0.3 is 0 Å². The Hall–Kier alpha value is -3.09. The molecule has 0 atom stereocenters. The van der Waals surface area contributed by atoms with Crippen LogP contribution < -0.4 is 10.7 Å². The first-order valence-corrected chi connectivity index (χ1v) is 6.91. The highest BCUT2D eigenvalue weighted by Crippen LogP contribution is 2.08. The van der Waals surface area contributed by atoms with Gasteiger partial charge in [-0.2, -0.15) is 5.10 Å². The van der Waals surface area contributed by atoms with Gasteiger partial charge in [-0.25, -0.2) is 9.82 Å². The molecule has 0 aliphatic heterocycles. The Bertz CT molecular complexity index is 687. The second kappa shape index (κ2) is 8.38. The van der Waals surface area contributed by atoms with Gasteiger partial charge in [-0.3, -0.25) is 14.6 Å². The van der Waals surface area contributed by atoms with Crippen molar-refractivity contribution in [3.05, 3.63) is 60.2 Å². The van der Waals surface area contributed by atoms with E-state index in [0.717, 1.165) is 5.56 Å². The number of hydrogen-bond donors (Lipinski definition) is 2. The van der Waals surface area contributed by atoms with Gasteiger partial charge in [0.05, 0.1) is 6.21 Å². The number of halogens is 1. The molecule has 0 fully saturated rings. The van der Waals surface area contributed by atoms with Gasteiger partial charge in [-0.05, 0) is 30.3 Å². The summed E-state index contributed by atoms with van der Waals surface area (Å²) in [5.41, 5.74) is 3.56. The van der Waals surface area contributed by atoms with Crippen molar-refractivity contribution in [2.24, 2.45) is 5.10 Å². The molecule has 0 bridgehead atoms. The van der Waals surface area contributed by atoms with Crippen LogP contribution >= 0.6 is 0 Å². The van der Waals surface area contributed by atoms with Gasteiger partial charge in [0.15, 0.2) is 0 Å². The molecular formula is C16H15FN4O2. The van der Waals surface area contributed by atoms with Gasteiger partial charge < -0.3 is 5.32 Å². The summed E-state index contributed by atoms with van der Waals surface area (Å²) in [6.07, 6.45) is 4.70. The first kappa shape index (κ1) is 16.3. The van der Waals surface area contributed by atoms with E-state index < -0.39 is 0 Å². The number of carbonyl (C=O) groups is 2. The number of hydrazone groups is 1. The Morgan fingerprint density at radius 2 is 1.87 bits per heavy atom. The molecule has 6 nitrogen and oxygen atoms in total. The lowest BCUT2D eigenvalue weighted by atomic mass is 10.2. The van der Waals surface area contributed by atoms with Crippen molar-refractivity contribution < 1.29 is 14.0 Å². The Balaban J connectivity index is 1.70. The minimum atomic E-state index is -0.381. The van der Waals surface area contributed by atoms with Gasteiger partial charge in [-0.15, -0.1) is 0 Å². The fourth-order valence-corrected chi connectivity index (χ4v) is 1.67. The van der Waals surface area contributed by atoms with Crippen LogP contribution in [0.4, 0.5) is 10.1 Å². The third-order valence-corrected chi connectivity index (χ3v) is 2.79. The van der Waals surface area contributed by atoms with E-state index in [9.17, 15) is 14.0 Å². The number of carbonyl (C=O) groups excluding carboxylic acids is 2. The molecule has 2 N–H and O–H groups in total. The van der Waals surface area contributed by atoms with Crippen molar-refractivity contribution in [1.29, 1.82) is 0 Å². The predicted molar refractivity (Wildman–Crippen MR) is 84.2 cm³/mol. The van der Waals surface area contributed by atoms with Crippen molar-refractivity contribution in [2.45, 2.75) is 12.8 Å². The molecule has 7 heteroatoms. The van der Waals surface area contributed by atoms with Gasteiger partial charge in [0.25, 0.3) is 0 Å². The molecule has 0 radical (unpaired) electrons. The van der Waals surface area contributed by atoms with Crippen LogP contribution in [-0.4, -0.2) is 23.0 Å². The van der Waals surface area contributed by atoms with Crippen molar-refractivity contribution >= 4 is 23.7 Å². The van der Waals surface area contributed by atoms with E-state index in [4.69, 9.17) is 0 Å². The molecular weight excluding hydrogens is 299 g/mol. The second-order valence-corrected chi connectivity index (χ2v) is 4.63. The highest BCUT2D eigenvalue weighted by molar-refractivity contribution is 5.93. The number of aromatic nitrogens is 1. The third kappa shape index (κ3) is 6.04. The van der Waals surface area contributed by atoms with E-state index in [1.165, 1.54) is 30.5 Å². The van der Waals surface area contributed by atoms with Crippen molar-refractivity contribution in [3.63, 3.8) is 0 Å². The van der Waals surface area contributed by atoms with Gasteiger partial charge in [-0.1, -0.05) is 6.07 Å². The Labute approximate surface area is 132 Å². The normalized spacial score (nSPS) is 10.5. The summed E-state index contributed by atoms with van der Waals surface area (Å²) in [7, 11) is 0. The number of nitrogens with one attached hydrogen (secondary N) is 2. The van der Waals surface area contributed by atoms with E-state index in [-0.39, 0.29) is 30.5 Å². The maximum atomic E-state index is 12.7. The summed E-state index contributed by atoms with van der Waals surface area (Å²) in [6, 6.07) is 8.93. The molecule has 2 rings (SSSR count). The summed E-state index contributed by atoms with van der Waals surface area (Å²) in [5.74, 6) is -1.09. The maximum Gasteiger partial charge on any atom is 0.240 e. The lowest BCUT2D eigenvalue weighted by Gasteiger charge is -2.04. The van der Waals surface area contributed by atoms with Gasteiger partial charge in [0, 0.05) is 36.5 Å². The molecule has 0 spiro atoms. The topological polar surface area (TPSA) is 83.5 Å². The van der Waals surface area contributed by atoms with Crippen LogP contribution in [0.3, 0.4) is 0 Å². The minimum absolute atomic E-state index is 0.00257. The molecule has 2 aromatic rings. The number of benzene rings is 1. The molecule has 118 valence electrons. The predicted octanol–water partition coefficient (Wildman–Crippen LogP) is 2.09. The molecule has 0 saturated carbocycles. The fourth-order valence-electron chi connectivity index (χ4n) is 1.67. The smallest absolute Gasteiger partial charge is 0.240 e. The average Bonchev–Trinajstić information content (AvgIpc) is 2.56. The number of amides is 2. The highest BCUT2D eigenvalue weighted by Gasteiger charge is 2.06. The van der Waals surface area contributed by atoms with E-state index >= 15 is 0 Å². The van der Waals surface area contributed by atoms with E-state index in [2.05, 4.69) is 20.8 Å². The molecule has 0 unspecified atom stereocenters. The van der Waals surface area contributed by atoms with Crippen LogP contribution in [0.25, 0.3) is 0 Å². The number of hydrogen-bond acceptors (Lipinski definition) is 4. The largest absolute Gasteiger partial charge is 0.326 e. The monoisotopic (exact) mass is 314 g/mol. The molecule has 0 aliphatic carbocycles. The second-order valence-electron chi connectivity index (χ2n) is 4.63. The van der Waals surface area contributed by atoms with Crippen molar-refractivity contribution in [2.75, 3.05) is 5.32 Å². The zero-order valence-corrected chi connectivity index (χ0v) is 12.2. The molecule has 0 aliphatic rings. The molecule has 1 aromatic carbocycles. The number of nitrogens with zero attached hydrogens (tertiary/aromatic N) is 2. The van der Waals surface area contributed by atoms with Crippen LogP contribution in [0.2, 0.25) is 0 Å². The molecule has 0 saturated heterocycles. The summed E-state index contributed by atoms with van der Waals surface area (Å²) in [6.45, 7) is 0. The van der Waals surface area contributed by atoms with Gasteiger partial charge in [0.1, 0.15) is 5.82 Å². The lowest BCUT2D eigenvalue weighted by molar-refractivity contribution is -0.124. The molecule has 2 amide bonds. The first-order chi connectivity index (χ1) is 11.1. The average molecular weight is 314 g/mol. The Morgan fingerprint density at radius 1 is 1.13 bits per heavy atom. The van der Waals surface area contributed by atoms with Crippen LogP contribution in [0, 0.1) is 5.82 Å². The molecule has 23 heavy (non-hydrogen) atoms. The third-order valence-electron chi connectivity index (χ3n) is 2.79. The van der Waals surface area contributed by atoms with Crippen LogP contribution in [0.1, 0.15) is 18.4 Å². The number of anilines is 1. The number of pyridine rings is 1. The number of rotatable bonds is 6. The zero-order chi connectivity index (χ0) is 16.5. The Kier molecular flexibility index (Phi) is 5.93. The van der Waals surface area contributed by atoms with Crippen molar-refractivity contribution in [3.8, 4) is 0 Å². The maximum absolute atomic E-state index is 12.7. The zero-order valence-electron chi connectivity index (χ0n) is 12.2. The summed E-state index contributed by atoms with van der Waals surface area (Å²) in [5, 5.41) is 6.35. The minimum Gasteiger partial charge on any atom is -0.326 e. The summed E-state index contributed by atoms with van der Waals surface area (Å²) < 4.78 is 12.7. The van der Waals surface area contributed by atoms with E-state index in [1.54, 1.807) is 24.5 Å². The van der Waals surface area contributed by atoms with E-state index in [0.29, 0.717) is 5.69 Å². The SMILES string of the molecule is O=C(CCC(=O)Nc1ccc(F)cc1)N/N=C\c1cccnc1. The van der Waals surface area contributed by atoms with Crippen LogP contribution in [0.5, 0.6) is 0 Å². The highest BCUT2D eigenvalue weighted by atomic mass is 19.1. The standard InChI is InChI=1S/C16H15FN4O2/c17-13-3-5-14(6-4-13)20-15(22)7-8-16(23)21-19-11-12-2-1-9-18-10-12/h1-6,9-11H,7-8H2,(H,20,22)(H,21,23)/b19-11-. The lowest BCUT2D eigenvalue weighted by Crippen LogP contribution is -2.20. The quantitative estimate of drug-likeness (QED) is 0.632.